The summed E-state index contributed by atoms with van der Waals surface area (Å²) in [5.41, 5.74) is 7.05. The predicted octanol–water partition coefficient (Wildman–Crippen LogP) is 2.79. The Morgan fingerprint density at radius 1 is 1.40 bits per heavy atom. The number of unbranched alkanes of at least 4 members (excludes halogenated alkanes) is 2. The lowest BCUT2D eigenvalue weighted by molar-refractivity contribution is -0.116. The van der Waals surface area contributed by atoms with Crippen LogP contribution in [0, 0.1) is 0 Å². The van der Waals surface area contributed by atoms with E-state index in [4.69, 9.17) is 5.73 Å². The third kappa shape index (κ3) is 4.49. The molecule has 0 unspecified atom stereocenters. The Morgan fingerprint density at radius 3 is 2.87 bits per heavy atom. The van der Waals surface area contributed by atoms with Gasteiger partial charge in [0.05, 0.1) is 0 Å². The molecule has 1 aromatic carbocycles. The number of carbonyl (C=O) groups is 1. The maximum absolute atomic E-state index is 11.4. The van der Waals surface area contributed by atoms with Gasteiger partial charge in [-0.05, 0) is 24.6 Å². The normalized spacial score (nSPS) is 9.93. The van der Waals surface area contributed by atoms with Gasteiger partial charge in [-0.1, -0.05) is 25.8 Å². The quantitative estimate of drug-likeness (QED) is 0.575. The molecule has 0 saturated carbocycles. The van der Waals surface area contributed by atoms with Crippen LogP contribution in [0.1, 0.15) is 32.6 Å². The number of amides is 1. The van der Waals surface area contributed by atoms with E-state index in [1.807, 2.05) is 12.1 Å². The maximum atomic E-state index is 11.4. The van der Waals surface area contributed by atoms with Crippen LogP contribution in [0.5, 0.6) is 0 Å². The molecule has 3 nitrogen and oxygen atoms in total. The summed E-state index contributed by atoms with van der Waals surface area (Å²) in [6.45, 7) is 2.12. The molecule has 0 heterocycles. The predicted molar refractivity (Wildman–Crippen MR) is 63.6 cm³/mol. The minimum absolute atomic E-state index is 0.0639. The lowest BCUT2D eigenvalue weighted by atomic mass is 10.2. The highest BCUT2D eigenvalue weighted by atomic mass is 16.1. The van der Waals surface area contributed by atoms with Gasteiger partial charge in [-0.25, -0.2) is 0 Å². The van der Waals surface area contributed by atoms with Gasteiger partial charge in [0, 0.05) is 17.8 Å². The van der Waals surface area contributed by atoms with E-state index >= 15 is 0 Å². The molecule has 0 fully saturated rings. The SMILES string of the molecule is CCCCCC(=O)Nc1cccc(N)c1. The molecule has 0 spiro atoms. The molecule has 0 atom stereocenters. The average Bonchev–Trinajstić information content (AvgIpc) is 2.18. The first-order valence-electron chi connectivity index (χ1n) is 5.37. The molecule has 1 amide bonds. The standard InChI is InChI=1S/C12H18N2O/c1-2-3-4-8-12(15)14-11-7-5-6-10(13)9-11/h5-7,9H,2-4,8,13H2,1H3,(H,14,15). The lowest BCUT2D eigenvalue weighted by Gasteiger charge is -2.05. The second kappa shape index (κ2) is 6.06. The van der Waals surface area contributed by atoms with Crippen molar-refractivity contribution in [3.63, 3.8) is 0 Å². The van der Waals surface area contributed by atoms with Crippen LogP contribution >= 0.6 is 0 Å². The molecule has 1 rings (SSSR count). The Balaban J connectivity index is 2.37. The molecule has 0 saturated heterocycles. The number of nitrogen functional groups attached to an aromatic ring is 1. The second-order valence-electron chi connectivity index (χ2n) is 3.63. The number of rotatable bonds is 5. The molecule has 15 heavy (non-hydrogen) atoms. The topological polar surface area (TPSA) is 55.1 Å². The molecular formula is C12H18N2O. The summed E-state index contributed by atoms with van der Waals surface area (Å²) in [4.78, 5) is 11.4. The average molecular weight is 206 g/mol. The maximum Gasteiger partial charge on any atom is 0.224 e. The number of anilines is 2. The summed E-state index contributed by atoms with van der Waals surface area (Å²) >= 11 is 0. The molecule has 82 valence electrons. The van der Waals surface area contributed by atoms with Crippen molar-refractivity contribution in [2.45, 2.75) is 32.6 Å². The van der Waals surface area contributed by atoms with Crippen LogP contribution in [0.4, 0.5) is 11.4 Å². The van der Waals surface area contributed by atoms with Gasteiger partial charge in [-0.3, -0.25) is 4.79 Å². The van der Waals surface area contributed by atoms with Crippen molar-refractivity contribution in [1.29, 1.82) is 0 Å². The Kier molecular flexibility index (Phi) is 4.68. The minimum Gasteiger partial charge on any atom is -0.399 e. The number of hydrogen-bond acceptors (Lipinski definition) is 2. The summed E-state index contributed by atoms with van der Waals surface area (Å²) < 4.78 is 0. The fourth-order valence-corrected chi connectivity index (χ4v) is 1.38. The summed E-state index contributed by atoms with van der Waals surface area (Å²) in [5, 5.41) is 2.82. The first kappa shape index (κ1) is 11.6. The number of nitrogens with two attached hydrogens (primary N) is 1. The van der Waals surface area contributed by atoms with Gasteiger partial charge in [-0.15, -0.1) is 0 Å². The van der Waals surface area contributed by atoms with Crippen LogP contribution in [-0.2, 0) is 4.79 Å². The summed E-state index contributed by atoms with van der Waals surface area (Å²) in [5.74, 6) is 0.0639. The molecule has 0 bridgehead atoms. The first-order valence-corrected chi connectivity index (χ1v) is 5.37. The van der Waals surface area contributed by atoms with Gasteiger partial charge in [-0.2, -0.15) is 0 Å². The smallest absolute Gasteiger partial charge is 0.224 e. The highest BCUT2D eigenvalue weighted by Crippen LogP contribution is 2.12. The van der Waals surface area contributed by atoms with E-state index in [1.54, 1.807) is 12.1 Å². The van der Waals surface area contributed by atoms with Crippen molar-refractivity contribution in [3.8, 4) is 0 Å². The monoisotopic (exact) mass is 206 g/mol. The molecule has 1 aromatic rings. The van der Waals surface area contributed by atoms with Crippen molar-refractivity contribution < 1.29 is 4.79 Å². The van der Waals surface area contributed by atoms with Gasteiger partial charge in [0.25, 0.3) is 0 Å². The fourth-order valence-electron chi connectivity index (χ4n) is 1.38. The fraction of sp³-hybridized carbons (Fsp3) is 0.417. The van der Waals surface area contributed by atoms with Gasteiger partial charge in [0.2, 0.25) is 5.91 Å². The zero-order valence-electron chi connectivity index (χ0n) is 9.12. The number of hydrogen-bond donors (Lipinski definition) is 2. The van der Waals surface area contributed by atoms with Crippen LogP contribution < -0.4 is 11.1 Å². The zero-order chi connectivity index (χ0) is 11.1. The summed E-state index contributed by atoms with van der Waals surface area (Å²) in [6, 6.07) is 7.23. The first-order chi connectivity index (χ1) is 7.22. The van der Waals surface area contributed by atoms with Crippen LogP contribution in [-0.4, -0.2) is 5.91 Å². The van der Waals surface area contributed by atoms with Crippen LogP contribution in [0.2, 0.25) is 0 Å². The van der Waals surface area contributed by atoms with Gasteiger partial charge in [0.15, 0.2) is 0 Å². The Hall–Kier alpha value is -1.51. The van der Waals surface area contributed by atoms with Crippen LogP contribution in [0.25, 0.3) is 0 Å². The third-order valence-electron chi connectivity index (χ3n) is 2.18. The molecule has 0 aliphatic heterocycles. The van der Waals surface area contributed by atoms with Crippen LogP contribution in [0.3, 0.4) is 0 Å². The molecule has 0 aliphatic rings. The molecule has 3 N–H and O–H groups in total. The Bertz CT molecular complexity index is 323. The highest BCUT2D eigenvalue weighted by Gasteiger charge is 2.01. The van der Waals surface area contributed by atoms with Crippen molar-refractivity contribution >= 4 is 17.3 Å². The molecular weight excluding hydrogens is 188 g/mol. The van der Waals surface area contributed by atoms with Crippen molar-refractivity contribution in [3.05, 3.63) is 24.3 Å². The molecule has 0 aliphatic carbocycles. The molecule has 3 heteroatoms. The Labute approximate surface area is 90.7 Å². The zero-order valence-corrected chi connectivity index (χ0v) is 9.12. The minimum atomic E-state index is 0.0639. The number of benzene rings is 1. The summed E-state index contributed by atoms with van der Waals surface area (Å²) in [6.07, 6.45) is 3.77. The third-order valence-corrected chi connectivity index (χ3v) is 2.18. The number of nitrogens with one attached hydrogen (secondary N) is 1. The number of carbonyl (C=O) groups excluding carboxylic acids is 1. The van der Waals surface area contributed by atoms with E-state index in [-0.39, 0.29) is 5.91 Å². The van der Waals surface area contributed by atoms with E-state index in [0.717, 1.165) is 24.9 Å². The van der Waals surface area contributed by atoms with Gasteiger partial charge >= 0.3 is 0 Å². The second-order valence-corrected chi connectivity index (χ2v) is 3.63. The van der Waals surface area contributed by atoms with E-state index in [9.17, 15) is 4.79 Å². The van der Waals surface area contributed by atoms with Gasteiger partial charge in [0.1, 0.15) is 0 Å². The van der Waals surface area contributed by atoms with E-state index in [1.165, 1.54) is 0 Å². The van der Waals surface area contributed by atoms with Crippen molar-refractivity contribution in [2.75, 3.05) is 11.1 Å². The van der Waals surface area contributed by atoms with Gasteiger partial charge < -0.3 is 11.1 Å². The van der Waals surface area contributed by atoms with Crippen molar-refractivity contribution in [2.24, 2.45) is 0 Å². The van der Waals surface area contributed by atoms with Crippen LogP contribution in [0.15, 0.2) is 24.3 Å². The van der Waals surface area contributed by atoms with Crippen molar-refractivity contribution in [1.82, 2.24) is 0 Å². The largest absolute Gasteiger partial charge is 0.399 e. The molecule has 0 aromatic heterocycles. The van der Waals surface area contributed by atoms with E-state index in [0.29, 0.717) is 12.1 Å². The lowest BCUT2D eigenvalue weighted by Crippen LogP contribution is -2.11. The van der Waals surface area contributed by atoms with E-state index in [2.05, 4.69) is 12.2 Å². The highest BCUT2D eigenvalue weighted by molar-refractivity contribution is 5.91. The Morgan fingerprint density at radius 2 is 2.20 bits per heavy atom. The summed E-state index contributed by atoms with van der Waals surface area (Å²) in [7, 11) is 0. The molecule has 0 radical (unpaired) electrons. The van der Waals surface area contributed by atoms with E-state index < -0.39 is 0 Å².